The van der Waals surface area contributed by atoms with Crippen molar-refractivity contribution in [2.75, 3.05) is 45.6 Å². The fourth-order valence-electron chi connectivity index (χ4n) is 6.29. The van der Waals surface area contributed by atoms with Crippen LogP contribution in [0.1, 0.15) is 86.1 Å². The first-order valence-corrected chi connectivity index (χ1v) is 15.5. The molecule has 0 aliphatic heterocycles. The zero-order chi connectivity index (χ0) is 29.5. The lowest BCUT2D eigenvalue weighted by Crippen LogP contribution is -2.38. The molecule has 0 radical (unpaired) electrons. The SMILES string of the molecule is C=CN.CC.CC.CCC1CC2CC2(Cc2cccc3nc(NCCCNCC(C)(C)CN(C)C)ccc23)C1. The quantitative estimate of drug-likeness (QED) is 0.241. The van der Waals surface area contributed by atoms with Gasteiger partial charge in [0.15, 0.2) is 0 Å². The van der Waals surface area contributed by atoms with E-state index in [9.17, 15) is 0 Å². The maximum absolute atomic E-state index is 4.93. The molecule has 39 heavy (non-hydrogen) atoms. The van der Waals surface area contributed by atoms with Gasteiger partial charge in [0.25, 0.3) is 0 Å². The van der Waals surface area contributed by atoms with Crippen LogP contribution in [-0.4, -0.2) is 50.2 Å². The Morgan fingerprint density at radius 3 is 2.41 bits per heavy atom. The highest BCUT2D eigenvalue weighted by Crippen LogP contribution is 2.67. The topological polar surface area (TPSA) is 66.2 Å². The zero-order valence-corrected chi connectivity index (χ0v) is 26.9. The van der Waals surface area contributed by atoms with Gasteiger partial charge in [-0.3, -0.25) is 0 Å². The van der Waals surface area contributed by atoms with Crippen LogP contribution in [0.2, 0.25) is 0 Å². The van der Waals surface area contributed by atoms with Gasteiger partial charge in [-0.15, -0.1) is 0 Å². The van der Waals surface area contributed by atoms with Gasteiger partial charge in [-0.05, 0) is 105 Å². The van der Waals surface area contributed by atoms with Gasteiger partial charge in [-0.25, -0.2) is 4.98 Å². The van der Waals surface area contributed by atoms with E-state index in [0.717, 1.165) is 55.8 Å². The number of anilines is 1. The molecular formula is C34H61N5. The van der Waals surface area contributed by atoms with Crippen molar-refractivity contribution in [1.82, 2.24) is 15.2 Å². The molecule has 3 atom stereocenters. The third kappa shape index (κ3) is 11.1. The number of benzene rings is 1. The number of hydrogen-bond acceptors (Lipinski definition) is 5. The second-order valence-corrected chi connectivity index (χ2v) is 11.9. The number of rotatable bonds is 12. The van der Waals surface area contributed by atoms with E-state index in [1.807, 2.05) is 27.7 Å². The third-order valence-corrected chi connectivity index (χ3v) is 7.80. The summed E-state index contributed by atoms with van der Waals surface area (Å²) in [5.41, 5.74) is 8.16. The van der Waals surface area contributed by atoms with Crippen molar-refractivity contribution in [3.63, 3.8) is 0 Å². The van der Waals surface area contributed by atoms with Crippen LogP contribution in [0.3, 0.4) is 0 Å². The van der Waals surface area contributed by atoms with E-state index >= 15 is 0 Å². The Bertz CT molecular complexity index is 954. The van der Waals surface area contributed by atoms with E-state index < -0.39 is 0 Å². The van der Waals surface area contributed by atoms with Crippen molar-refractivity contribution in [1.29, 1.82) is 0 Å². The van der Waals surface area contributed by atoms with Gasteiger partial charge in [0.2, 0.25) is 0 Å². The summed E-state index contributed by atoms with van der Waals surface area (Å²) in [7, 11) is 4.29. The van der Waals surface area contributed by atoms with E-state index in [-0.39, 0.29) is 0 Å². The summed E-state index contributed by atoms with van der Waals surface area (Å²) in [6, 6.07) is 11.2. The Morgan fingerprint density at radius 2 is 1.79 bits per heavy atom. The maximum Gasteiger partial charge on any atom is 0.126 e. The third-order valence-electron chi connectivity index (χ3n) is 7.80. The number of pyridine rings is 1. The fraction of sp³-hybridized carbons (Fsp3) is 0.676. The van der Waals surface area contributed by atoms with Gasteiger partial charge >= 0.3 is 0 Å². The molecule has 2 aliphatic rings. The van der Waals surface area contributed by atoms with Crippen molar-refractivity contribution in [3.8, 4) is 0 Å². The van der Waals surface area contributed by atoms with Crippen molar-refractivity contribution >= 4 is 16.7 Å². The van der Waals surface area contributed by atoms with Crippen molar-refractivity contribution in [2.24, 2.45) is 28.4 Å². The maximum atomic E-state index is 4.93. The molecule has 222 valence electrons. The summed E-state index contributed by atoms with van der Waals surface area (Å²) in [5.74, 6) is 2.95. The highest BCUT2D eigenvalue weighted by atomic mass is 15.1. The van der Waals surface area contributed by atoms with E-state index in [2.05, 4.69) is 93.0 Å². The molecule has 0 spiro atoms. The Balaban J connectivity index is 0.000000996. The molecule has 4 rings (SSSR count). The molecule has 5 nitrogen and oxygen atoms in total. The van der Waals surface area contributed by atoms with Crippen LogP contribution < -0.4 is 16.4 Å². The highest BCUT2D eigenvalue weighted by Gasteiger charge is 2.58. The number of nitrogens with one attached hydrogen (secondary N) is 2. The lowest BCUT2D eigenvalue weighted by molar-refractivity contribution is 0.233. The van der Waals surface area contributed by atoms with Gasteiger partial charge in [0.1, 0.15) is 5.82 Å². The van der Waals surface area contributed by atoms with E-state index in [0.29, 0.717) is 10.8 Å². The molecule has 4 N–H and O–H groups in total. The average Bonchev–Trinajstić information content (AvgIpc) is 3.46. The highest BCUT2D eigenvalue weighted by molar-refractivity contribution is 5.83. The van der Waals surface area contributed by atoms with Crippen LogP contribution in [0, 0.1) is 22.7 Å². The number of aromatic nitrogens is 1. The van der Waals surface area contributed by atoms with Crippen LogP contribution in [0.15, 0.2) is 43.1 Å². The molecule has 0 bridgehead atoms. The summed E-state index contributed by atoms with van der Waals surface area (Å²) in [6.07, 6.45) is 9.31. The Morgan fingerprint density at radius 1 is 1.10 bits per heavy atom. The van der Waals surface area contributed by atoms with E-state index in [1.54, 1.807) is 0 Å². The summed E-state index contributed by atoms with van der Waals surface area (Å²) < 4.78 is 0. The van der Waals surface area contributed by atoms with E-state index in [1.165, 1.54) is 49.3 Å². The van der Waals surface area contributed by atoms with Crippen LogP contribution in [0.4, 0.5) is 5.82 Å². The molecule has 2 fully saturated rings. The molecule has 2 aliphatic carbocycles. The smallest absolute Gasteiger partial charge is 0.126 e. The van der Waals surface area contributed by atoms with Crippen molar-refractivity contribution in [2.45, 2.75) is 87.0 Å². The minimum atomic E-state index is 0.296. The van der Waals surface area contributed by atoms with Gasteiger partial charge in [0.05, 0.1) is 5.52 Å². The molecule has 1 aromatic heterocycles. The Labute approximate surface area is 241 Å². The standard InChI is InChI=1S/C28H44N4.C2H5N.2C2H6/c1-6-21-15-23-18-28(23,16-21)17-22-9-7-10-25-24(22)11-12-26(31-25)30-14-8-13-29-19-27(2,3)20-32(4)5;1-2-3;2*1-2/h7,9-12,21,23,29H,6,8,13-20H2,1-5H3,(H,30,31);2H,1,3H2;2*1-2H3. The van der Waals surface area contributed by atoms with Crippen LogP contribution >= 0.6 is 0 Å². The summed E-state index contributed by atoms with van der Waals surface area (Å²) in [6.45, 7) is 22.3. The van der Waals surface area contributed by atoms with Gasteiger partial charge in [-0.1, -0.05) is 73.6 Å². The molecule has 0 amide bonds. The monoisotopic (exact) mass is 539 g/mol. The van der Waals surface area contributed by atoms with E-state index in [4.69, 9.17) is 4.98 Å². The van der Waals surface area contributed by atoms with Gasteiger partial charge in [0, 0.05) is 25.0 Å². The number of nitrogens with zero attached hydrogens (tertiary/aromatic N) is 2. The van der Waals surface area contributed by atoms with Crippen LogP contribution in [-0.2, 0) is 6.42 Å². The molecule has 2 saturated carbocycles. The number of hydrogen-bond donors (Lipinski definition) is 3. The summed E-state index contributed by atoms with van der Waals surface area (Å²) in [4.78, 5) is 7.19. The second kappa shape index (κ2) is 17.6. The molecule has 1 heterocycles. The Kier molecular flexibility index (Phi) is 15.7. The second-order valence-electron chi connectivity index (χ2n) is 11.9. The van der Waals surface area contributed by atoms with Crippen molar-refractivity contribution < 1.29 is 0 Å². The van der Waals surface area contributed by atoms with Gasteiger partial charge in [-0.2, -0.15) is 0 Å². The minimum Gasteiger partial charge on any atom is -0.405 e. The first kappa shape index (κ1) is 34.9. The molecule has 5 heteroatoms. The predicted octanol–water partition coefficient (Wildman–Crippen LogP) is 7.72. The zero-order valence-electron chi connectivity index (χ0n) is 26.9. The lowest BCUT2D eigenvalue weighted by Gasteiger charge is -2.28. The number of nitrogens with two attached hydrogens (primary N) is 1. The lowest BCUT2D eigenvalue weighted by atomic mass is 9.89. The normalized spacial score (nSPS) is 21.0. The molecule has 3 unspecified atom stereocenters. The molecular weight excluding hydrogens is 478 g/mol. The first-order valence-electron chi connectivity index (χ1n) is 15.5. The van der Waals surface area contributed by atoms with Crippen LogP contribution in [0.25, 0.3) is 10.9 Å². The minimum absolute atomic E-state index is 0.296. The first-order chi connectivity index (χ1) is 18.7. The van der Waals surface area contributed by atoms with Crippen LogP contribution in [0.5, 0.6) is 0 Å². The Hall–Kier alpha value is -2.11. The number of fused-ring (bicyclic) bond motifs is 2. The molecule has 0 saturated heterocycles. The predicted molar refractivity (Wildman–Crippen MR) is 174 cm³/mol. The summed E-state index contributed by atoms with van der Waals surface area (Å²) in [5, 5.41) is 8.50. The fourth-order valence-corrected chi connectivity index (χ4v) is 6.29. The molecule has 1 aromatic carbocycles. The molecule has 2 aromatic rings. The largest absolute Gasteiger partial charge is 0.405 e. The van der Waals surface area contributed by atoms with Gasteiger partial charge < -0.3 is 21.3 Å². The van der Waals surface area contributed by atoms with Crippen molar-refractivity contribution in [3.05, 3.63) is 48.7 Å². The summed E-state index contributed by atoms with van der Waals surface area (Å²) >= 11 is 0. The average molecular weight is 540 g/mol.